The van der Waals surface area contributed by atoms with Gasteiger partial charge in [-0.2, -0.15) is 18.3 Å². The molecule has 0 fully saturated rings. The quantitative estimate of drug-likeness (QED) is 0.754. The van der Waals surface area contributed by atoms with Crippen molar-refractivity contribution in [3.05, 3.63) is 17.5 Å². The average molecular weight is 292 g/mol. The van der Waals surface area contributed by atoms with Crippen LogP contribution >= 0.6 is 0 Å². The van der Waals surface area contributed by atoms with E-state index in [0.29, 0.717) is 12.6 Å². The van der Waals surface area contributed by atoms with Gasteiger partial charge in [-0.25, -0.2) is 0 Å². The molecule has 1 heterocycles. The summed E-state index contributed by atoms with van der Waals surface area (Å²) in [5.74, 6) is -0.601. The van der Waals surface area contributed by atoms with Crippen molar-refractivity contribution in [2.24, 2.45) is 0 Å². The van der Waals surface area contributed by atoms with Gasteiger partial charge in [0.05, 0.1) is 0 Å². The molecule has 0 saturated carbocycles. The van der Waals surface area contributed by atoms with Crippen LogP contribution in [0.2, 0.25) is 0 Å². The number of rotatable bonds is 7. The van der Waals surface area contributed by atoms with Crippen molar-refractivity contribution in [3.8, 4) is 0 Å². The van der Waals surface area contributed by atoms with E-state index < -0.39 is 17.8 Å². The molecule has 0 radical (unpaired) electrons. The summed E-state index contributed by atoms with van der Waals surface area (Å²) in [6.07, 6.45) is -3.78. The molecule has 1 rings (SSSR count). The number of amides is 1. The number of halogens is 3. The number of hydrogen-bond acceptors (Lipinski definition) is 3. The monoisotopic (exact) mass is 292 g/mol. The van der Waals surface area contributed by atoms with Gasteiger partial charge in [0.2, 0.25) is 0 Å². The lowest BCUT2D eigenvalue weighted by Gasteiger charge is -2.17. The molecule has 1 amide bonds. The lowest BCUT2D eigenvalue weighted by atomic mass is 10.3. The Balaban J connectivity index is 2.38. The Bertz CT molecular complexity index is 427. The lowest BCUT2D eigenvalue weighted by molar-refractivity contribution is -0.141. The normalized spacial score (nSPS) is 11.9. The lowest BCUT2D eigenvalue weighted by Crippen LogP contribution is -2.30. The summed E-state index contributed by atoms with van der Waals surface area (Å²) >= 11 is 0. The number of nitrogens with zero attached hydrogens (tertiary/aromatic N) is 2. The maximum atomic E-state index is 12.3. The minimum absolute atomic E-state index is 0.250. The second-order valence-corrected chi connectivity index (χ2v) is 4.30. The predicted octanol–water partition coefficient (Wildman–Crippen LogP) is 1.89. The van der Waals surface area contributed by atoms with Crippen LogP contribution in [-0.2, 0) is 6.18 Å². The fourth-order valence-corrected chi connectivity index (χ4v) is 1.72. The molecule has 0 aliphatic carbocycles. The summed E-state index contributed by atoms with van der Waals surface area (Å²) in [5.41, 5.74) is -1.27. The Morgan fingerprint density at radius 1 is 1.40 bits per heavy atom. The molecular weight excluding hydrogens is 273 g/mol. The molecule has 0 aliphatic rings. The zero-order valence-corrected chi connectivity index (χ0v) is 11.5. The van der Waals surface area contributed by atoms with Gasteiger partial charge in [0.1, 0.15) is 5.69 Å². The minimum atomic E-state index is -4.52. The average Bonchev–Trinajstić information content (AvgIpc) is 2.88. The maximum Gasteiger partial charge on any atom is 0.432 e. The first kappa shape index (κ1) is 16.5. The van der Waals surface area contributed by atoms with Crippen LogP contribution in [0.4, 0.5) is 13.2 Å². The Labute approximate surface area is 115 Å². The number of nitrogens with one attached hydrogen (secondary N) is 2. The van der Waals surface area contributed by atoms with Gasteiger partial charge in [0.25, 0.3) is 5.91 Å². The number of H-pyrrole nitrogens is 1. The standard InChI is InChI=1S/C12H19F3N4O/c1-3-19(4-2)7-5-6-16-11(20)9-8-10(18-17-9)12(13,14)15/h8H,3-7H2,1-2H3,(H,16,20)(H,17,18). The molecule has 0 atom stereocenters. The molecule has 20 heavy (non-hydrogen) atoms. The van der Waals surface area contributed by atoms with Gasteiger partial charge < -0.3 is 10.2 Å². The zero-order chi connectivity index (χ0) is 15.2. The van der Waals surface area contributed by atoms with Crippen LogP contribution in [0.1, 0.15) is 36.5 Å². The molecule has 0 bridgehead atoms. The van der Waals surface area contributed by atoms with Crippen LogP contribution in [0.15, 0.2) is 6.07 Å². The first-order valence-corrected chi connectivity index (χ1v) is 6.51. The fourth-order valence-electron chi connectivity index (χ4n) is 1.72. The van der Waals surface area contributed by atoms with E-state index in [1.807, 2.05) is 18.9 Å². The Hall–Kier alpha value is -1.57. The molecule has 0 saturated heterocycles. The van der Waals surface area contributed by atoms with Crippen molar-refractivity contribution in [1.82, 2.24) is 20.4 Å². The Kier molecular flexibility index (Phi) is 6.00. The number of alkyl halides is 3. The number of aromatic amines is 1. The van der Waals surface area contributed by atoms with Crippen LogP contribution in [0, 0.1) is 0 Å². The van der Waals surface area contributed by atoms with E-state index >= 15 is 0 Å². The molecule has 1 aromatic heterocycles. The summed E-state index contributed by atoms with van der Waals surface area (Å²) in [7, 11) is 0. The van der Waals surface area contributed by atoms with Crippen LogP contribution in [0.3, 0.4) is 0 Å². The van der Waals surface area contributed by atoms with Crippen molar-refractivity contribution in [3.63, 3.8) is 0 Å². The second kappa shape index (κ2) is 7.28. The molecule has 8 heteroatoms. The minimum Gasteiger partial charge on any atom is -0.351 e. The number of carbonyl (C=O) groups is 1. The number of aromatic nitrogens is 2. The molecule has 2 N–H and O–H groups in total. The topological polar surface area (TPSA) is 61.0 Å². The Morgan fingerprint density at radius 2 is 2.05 bits per heavy atom. The van der Waals surface area contributed by atoms with E-state index in [1.165, 1.54) is 0 Å². The van der Waals surface area contributed by atoms with Gasteiger partial charge in [-0.1, -0.05) is 13.8 Å². The van der Waals surface area contributed by atoms with E-state index in [1.54, 1.807) is 0 Å². The highest BCUT2D eigenvalue weighted by atomic mass is 19.4. The smallest absolute Gasteiger partial charge is 0.351 e. The van der Waals surface area contributed by atoms with Crippen LogP contribution < -0.4 is 5.32 Å². The van der Waals surface area contributed by atoms with Crippen LogP contribution in [0.5, 0.6) is 0 Å². The molecule has 0 aliphatic heterocycles. The summed E-state index contributed by atoms with van der Waals surface area (Å²) < 4.78 is 37.0. The number of carbonyl (C=O) groups excluding carboxylic acids is 1. The van der Waals surface area contributed by atoms with Crippen molar-refractivity contribution >= 4 is 5.91 Å². The molecule has 1 aromatic rings. The molecule has 0 spiro atoms. The third-order valence-corrected chi connectivity index (χ3v) is 2.95. The largest absolute Gasteiger partial charge is 0.432 e. The van der Waals surface area contributed by atoms with Gasteiger partial charge >= 0.3 is 6.18 Å². The fraction of sp³-hybridized carbons (Fsp3) is 0.667. The van der Waals surface area contributed by atoms with E-state index in [9.17, 15) is 18.0 Å². The molecular formula is C12H19F3N4O. The molecule has 0 aromatic carbocycles. The van der Waals surface area contributed by atoms with Gasteiger partial charge in [-0.05, 0) is 26.1 Å². The van der Waals surface area contributed by atoms with Crippen molar-refractivity contribution in [1.29, 1.82) is 0 Å². The summed E-state index contributed by atoms with van der Waals surface area (Å²) in [6, 6.07) is 0.708. The van der Waals surface area contributed by atoms with Gasteiger partial charge in [-0.15, -0.1) is 0 Å². The highest BCUT2D eigenvalue weighted by molar-refractivity contribution is 5.92. The highest BCUT2D eigenvalue weighted by Crippen LogP contribution is 2.27. The van der Waals surface area contributed by atoms with Crippen molar-refractivity contribution in [2.75, 3.05) is 26.2 Å². The zero-order valence-electron chi connectivity index (χ0n) is 11.5. The van der Waals surface area contributed by atoms with Gasteiger partial charge in [0, 0.05) is 12.6 Å². The maximum absolute atomic E-state index is 12.3. The third-order valence-electron chi connectivity index (χ3n) is 2.95. The summed E-state index contributed by atoms with van der Waals surface area (Å²) in [5, 5.41) is 7.72. The van der Waals surface area contributed by atoms with Gasteiger partial charge in [-0.3, -0.25) is 9.89 Å². The summed E-state index contributed by atoms with van der Waals surface area (Å²) in [4.78, 5) is 13.8. The van der Waals surface area contributed by atoms with Gasteiger partial charge in [0.15, 0.2) is 5.69 Å². The second-order valence-electron chi connectivity index (χ2n) is 4.30. The number of hydrogen-bond donors (Lipinski definition) is 2. The van der Waals surface area contributed by atoms with Crippen molar-refractivity contribution < 1.29 is 18.0 Å². The highest BCUT2D eigenvalue weighted by Gasteiger charge is 2.33. The predicted molar refractivity (Wildman–Crippen MR) is 68.3 cm³/mol. The first-order valence-electron chi connectivity index (χ1n) is 6.51. The van der Waals surface area contributed by atoms with E-state index in [0.717, 1.165) is 26.1 Å². The van der Waals surface area contributed by atoms with Crippen LogP contribution in [-0.4, -0.2) is 47.2 Å². The van der Waals surface area contributed by atoms with E-state index in [2.05, 4.69) is 15.3 Å². The summed E-state index contributed by atoms with van der Waals surface area (Å²) in [6.45, 7) is 7.19. The first-order chi connectivity index (χ1) is 9.38. The SMILES string of the molecule is CCN(CC)CCCNC(=O)c1cc(C(F)(F)F)[nH]n1. The molecule has 0 unspecified atom stereocenters. The third kappa shape index (κ3) is 4.84. The molecule has 5 nitrogen and oxygen atoms in total. The van der Waals surface area contributed by atoms with Crippen molar-refractivity contribution in [2.45, 2.75) is 26.4 Å². The van der Waals surface area contributed by atoms with Crippen LogP contribution in [0.25, 0.3) is 0 Å². The van der Waals surface area contributed by atoms with E-state index in [-0.39, 0.29) is 5.69 Å². The van der Waals surface area contributed by atoms with E-state index in [4.69, 9.17) is 0 Å². The Morgan fingerprint density at radius 3 is 2.55 bits per heavy atom. The molecule has 114 valence electrons.